The van der Waals surface area contributed by atoms with Crippen LogP contribution < -0.4 is 10.6 Å². The van der Waals surface area contributed by atoms with Gasteiger partial charge in [0.25, 0.3) is 10.1 Å². The number of aryl methyl sites for hydroxylation is 1. The molecule has 1 fully saturated rings. The van der Waals surface area contributed by atoms with E-state index in [2.05, 4.69) is 9.88 Å². The molecule has 1 saturated heterocycles. The molecule has 1 atom stereocenters. The normalized spacial score (nSPS) is 17.3. The quantitative estimate of drug-likeness (QED) is 0.624. The first kappa shape index (κ1) is 18.7. The zero-order valence-electron chi connectivity index (χ0n) is 13.3. The van der Waals surface area contributed by atoms with Crippen molar-refractivity contribution in [1.82, 2.24) is 4.98 Å². The number of anilines is 1. The van der Waals surface area contributed by atoms with Crippen molar-refractivity contribution < 1.29 is 13.0 Å². The summed E-state index contributed by atoms with van der Waals surface area (Å²) in [5.41, 5.74) is 7.93. The molecular formula is C16H20ClN3O3S. The first-order valence-electron chi connectivity index (χ1n) is 7.45. The van der Waals surface area contributed by atoms with Crippen LogP contribution in [0.25, 0.3) is 0 Å². The minimum absolute atomic E-state index is 0.0666. The van der Waals surface area contributed by atoms with Gasteiger partial charge in [-0.25, -0.2) is 4.98 Å². The molecule has 0 aliphatic carbocycles. The van der Waals surface area contributed by atoms with Crippen LogP contribution in [0, 0.1) is 6.92 Å². The fraction of sp³-hybridized carbons (Fsp3) is 0.312. The molecule has 1 aromatic carbocycles. The van der Waals surface area contributed by atoms with Gasteiger partial charge in [0, 0.05) is 6.54 Å². The number of aromatic nitrogens is 1. The van der Waals surface area contributed by atoms with Crippen molar-refractivity contribution in [2.75, 3.05) is 11.4 Å². The van der Waals surface area contributed by atoms with Crippen LogP contribution >= 0.6 is 11.6 Å². The van der Waals surface area contributed by atoms with Crippen LogP contribution in [0.4, 0.5) is 5.69 Å². The van der Waals surface area contributed by atoms with Crippen LogP contribution in [0.5, 0.6) is 0 Å². The molecule has 1 unspecified atom stereocenters. The summed E-state index contributed by atoms with van der Waals surface area (Å²) in [6.07, 6.45) is 4.13. The van der Waals surface area contributed by atoms with Crippen molar-refractivity contribution in [1.29, 1.82) is 0 Å². The van der Waals surface area contributed by atoms with Gasteiger partial charge in [-0.2, -0.15) is 8.42 Å². The Kier molecular flexibility index (Phi) is 6.17. The summed E-state index contributed by atoms with van der Waals surface area (Å²) in [7, 11) is -4.02. The van der Waals surface area contributed by atoms with Gasteiger partial charge in [-0.1, -0.05) is 29.3 Å². The third-order valence-corrected chi connectivity index (χ3v) is 4.75. The van der Waals surface area contributed by atoms with E-state index in [0.717, 1.165) is 30.6 Å². The minimum atomic E-state index is -4.02. The van der Waals surface area contributed by atoms with E-state index in [1.165, 1.54) is 12.1 Å². The van der Waals surface area contributed by atoms with Gasteiger partial charge in [0.2, 0.25) is 0 Å². The van der Waals surface area contributed by atoms with E-state index < -0.39 is 10.1 Å². The van der Waals surface area contributed by atoms with E-state index in [0.29, 0.717) is 5.15 Å². The predicted octanol–water partition coefficient (Wildman–Crippen LogP) is 2.86. The molecule has 1 aliphatic rings. The maximum atomic E-state index is 10.5. The number of hydrogen-bond donors (Lipinski definition) is 2. The highest BCUT2D eigenvalue weighted by molar-refractivity contribution is 7.85. The Bertz CT molecular complexity index is 764. The third-order valence-electron chi connectivity index (χ3n) is 3.66. The highest BCUT2D eigenvalue weighted by atomic mass is 35.5. The highest BCUT2D eigenvalue weighted by Gasteiger charge is 2.20. The molecule has 3 N–H and O–H groups in total. The lowest BCUT2D eigenvalue weighted by atomic mass is 10.2. The number of rotatable bonds is 2. The van der Waals surface area contributed by atoms with Crippen molar-refractivity contribution in [3.63, 3.8) is 0 Å². The van der Waals surface area contributed by atoms with Crippen LogP contribution in [0.1, 0.15) is 18.4 Å². The van der Waals surface area contributed by atoms with E-state index in [1.54, 1.807) is 24.4 Å². The second-order valence-corrected chi connectivity index (χ2v) is 7.34. The molecule has 24 heavy (non-hydrogen) atoms. The first-order chi connectivity index (χ1) is 11.3. The number of hydrogen-bond acceptors (Lipinski definition) is 5. The Morgan fingerprint density at radius 3 is 2.38 bits per heavy atom. The summed E-state index contributed by atoms with van der Waals surface area (Å²) in [6, 6.07) is 9.74. The number of benzene rings is 1. The van der Waals surface area contributed by atoms with Crippen LogP contribution in [-0.4, -0.2) is 30.7 Å². The standard InChI is InChI=1S/C9H12ClN3.C7H8O3S/c10-8-4-3-7(6-12-8)13-5-1-2-9(13)11;1-6-2-4-7(5-3-6)11(8,9)10/h3-4,6,9H,1-2,5,11H2;2-5H,1H3,(H,8,9,10). The fourth-order valence-corrected chi connectivity index (χ4v) is 2.95. The van der Waals surface area contributed by atoms with E-state index in [9.17, 15) is 8.42 Å². The minimum Gasteiger partial charge on any atom is -0.355 e. The second kappa shape index (κ2) is 7.94. The molecule has 2 heterocycles. The zero-order chi connectivity index (χ0) is 17.7. The molecule has 6 nitrogen and oxygen atoms in total. The second-order valence-electron chi connectivity index (χ2n) is 5.53. The van der Waals surface area contributed by atoms with Gasteiger partial charge >= 0.3 is 0 Å². The SMILES string of the molecule is Cc1ccc(S(=O)(=O)O)cc1.NC1CCCN1c1ccc(Cl)nc1. The van der Waals surface area contributed by atoms with Crippen LogP contribution in [0.3, 0.4) is 0 Å². The molecule has 8 heteroatoms. The fourth-order valence-electron chi connectivity index (χ4n) is 2.36. The van der Waals surface area contributed by atoms with Crippen molar-refractivity contribution in [3.05, 3.63) is 53.3 Å². The van der Waals surface area contributed by atoms with Gasteiger partial charge in [-0.05, 0) is 44.0 Å². The van der Waals surface area contributed by atoms with Crippen LogP contribution in [0.15, 0.2) is 47.5 Å². The molecule has 0 amide bonds. The smallest absolute Gasteiger partial charge is 0.294 e. The number of nitrogens with two attached hydrogens (primary N) is 1. The summed E-state index contributed by atoms with van der Waals surface area (Å²) in [5, 5.41) is 0.525. The van der Waals surface area contributed by atoms with E-state index in [-0.39, 0.29) is 11.1 Å². The summed E-state index contributed by atoms with van der Waals surface area (Å²) in [5.74, 6) is 0. The Balaban J connectivity index is 0.000000177. The molecule has 2 aromatic rings. The molecule has 1 aliphatic heterocycles. The molecule has 0 bridgehead atoms. The Labute approximate surface area is 147 Å². The molecular weight excluding hydrogens is 350 g/mol. The predicted molar refractivity (Wildman–Crippen MR) is 94.8 cm³/mol. The van der Waals surface area contributed by atoms with Crippen molar-refractivity contribution in [3.8, 4) is 0 Å². The molecule has 0 saturated carbocycles. The van der Waals surface area contributed by atoms with Gasteiger partial charge in [-0.15, -0.1) is 0 Å². The maximum absolute atomic E-state index is 10.5. The monoisotopic (exact) mass is 369 g/mol. The van der Waals surface area contributed by atoms with E-state index in [4.69, 9.17) is 21.9 Å². The van der Waals surface area contributed by atoms with Crippen molar-refractivity contribution in [2.24, 2.45) is 5.73 Å². The summed E-state index contributed by atoms with van der Waals surface area (Å²) >= 11 is 5.69. The zero-order valence-corrected chi connectivity index (χ0v) is 14.8. The maximum Gasteiger partial charge on any atom is 0.294 e. The van der Waals surface area contributed by atoms with Crippen LogP contribution in [0.2, 0.25) is 5.15 Å². The third kappa shape index (κ3) is 5.17. The topological polar surface area (TPSA) is 96.5 Å². The summed E-state index contributed by atoms with van der Waals surface area (Å²) in [6.45, 7) is 2.86. The molecule has 0 radical (unpaired) electrons. The summed E-state index contributed by atoms with van der Waals surface area (Å²) in [4.78, 5) is 6.12. The number of halogens is 1. The lowest BCUT2D eigenvalue weighted by Gasteiger charge is -2.22. The van der Waals surface area contributed by atoms with Crippen LogP contribution in [-0.2, 0) is 10.1 Å². The molecule has 0 spiro atoms. The van der Waals surface area contributed by atoms with Gasteiger partial charge in [0.15, 0.2) is 0 Å². The number of nitrogens with zero attached hydrogens (tertiary/aromatic N) is 2. The molecule has 3 rings (SSSR count). The lowest BCUT2D eigenvalue weighted by molar-refractivity contribution is 0.483. The van der Waals surface area contributed by atoms with Gasteiger partial charge in [-0.3, -0.25) is 4.55 Å². The molecule has 1 aromatic heterocycles. The van der Waals surface area contributed by atoms with E-state index >= 15 is 0 Å². The van der Waals surface area contributed by atoms with Gasteiger partial charge < -0.3 is 10.6 Å². The Morgan fingerprint density at radius 2 is 1.92 bits per heavy atom. The first-order valence-corrected chi connectivity index (χ1v) is 9.27. The average Bonchev–Trinajstić information content (AvgIpc) is 2.94. The largest absolute Gasteiger partial charge is 0.355 e. The molecule has 130 valence electrons. The van der Waals surface area contributed by atoms with Gasteiger partial charge in [0.05, 0.1) is 22.9 Å². The van der Waals surface area contributed by atoms with Gasteiger partial charge in [0.1, 0.15) is 5.15 Å². The highest BCUT2D eigenvalue weighted by Crippen LogP contribution is 2.22. The van der Waals surface area contributed by atoms with Crippen molar-refractivity contribution >= 4 is 27.4 Å². The van der Waals surface area contributed by atoms with Crippen molar-refractivity contribution in [2.45, 2.75) is 30.8 Å². The summed E-state index contributed by atoms with van der Waals surface area (Å²) < 4.78 is 29.6. The lowest BCUT2D eigenvalue weighted by Crippen LogP contribution is -2.36. The number of pyridine rings is 1. The van der Waals surface area contributed by atoms with E-state index in [1.807, 2.05) is 13.0 Å². The Hall–Kier alpha value is -1.67. The average molecular weight is 370 g/mol. The Morgan fingerprint density at radius 1 is 1.25 bits per heavy atom.